The number of anilines is 1. The molecule has 0 atom stereocenters. The minimum Gasteiger partial charge on any atom is -0.326 e. The molecule has 1 amide bonds. The molecule has 0 heterocycles. The summed E-state index contributed by atoms with van der Waals surface area (Å²) in [5, 5.41) is 3.58. The third-order valence-corrected chi connectivity index (χ3v) is 3.50. The molecule has 18 heavy (non-hydrogen) atoms. The molecule has 0 spiro atoms. The molecule has 0 bridgehead atoms. The predicted molar refractivity (Wildman–Crippen MR) is 77.2 cm³/mol. The molecule has 1 aromatic carbocycles. The highest BCUT2D eigenvalue weighted by Crippen LogP contribution is 2.22. The fraction of sp³-hybridized carbons (Fsp3) is 0.500. The summed E-state index contributed by atoms with van der Waals surface area (Å²) in [5.74, 6) is 0.0345. The summed E-state index contributed by atoms with van der Waals surface area (Å²) in [4.78, 5) is 14.1. The first kappa shape index (κ1) is 15.0. The molecule has 4 heteroatoms. The predicted octanol–water partition coefficient (Wildman–Crippen LogP) is 3.32. The van der Waals surface area contributed by atoms with Crippen molar-refractivity contribution in [2.45, 2.75) is 27.2 Å². The Bertz CT molecular complexity index is 403. The Morgan fingerprint density at radius 1 is 1.33 bits per heavy atom. The summed E-state index contributed by atoms with van der Waals surface area (Å²) in [7, 11) is 0. The zero-order valence-electron chi connectivity index (χ0n) is 11.3. The first-order valence-corrected chi connectivity index (χ1v) is 6.73. The van der Waals surface area contributed by atoms with E-state index in [0.29, 0.717) is 11.4 Å². The van der Waals surface area contributed by atoms with Crippen LogP contribution in [0.1, 0.15) is 25.8 Å². The van der Waals surface area contributed by atoms with Crippen molar-refractivity contribution in [3.05, 3.63) is 28.8 Å². The zero-order valence-corrected chi connectivity index (χ0v) is 12.0. The fourth-order valence-electron chi connectivity index (χ4n) is 1.76. The summed E-state index contributed by atoms with van der Waals surface area (Å²) in [6, 6.07) is 5.54. The van der Waals surface area contributed by atoms with Crippen LogP contribution in [0.3, 0.4) is 0 Å². The summed E-state index contributed by atoms with van der Waals surface area (Å²) >= 11 is 6.01. The number of halogens is 1. The van der Waals surface area contributed by atoms with Gasteiger partial charge in [0.25, 0.3) is 0 Å². The molecule has 0 fully saturated rings. The molecular weight excluding hydrogens is 248 g/mol. The van der Waals surface area contributed by atoms with Crippen molar-refractivity contribution in [1.29, 1.82) is 0 Å². The largest absolute Gasteiger partial charge is 0.326 e. The van der Waals surface area contributed by atoms with Gasteiger partial charge in [-0.05, 0) is 37.7 Å². The van der Waals surface area contributed by atoms with Crippen LogP contribution in [-0.4, -0.2) is 30.4 Å². The summed E-state index contributed by atoms with van der Waals surface area (Å²) < 4.78 is 0. The van der Waals surface area contributed by atoms with Gasteiger partial charge in [-0.25, -0.2) is 0 Å². The lowest BCUT2D eigenvalue weighted by molar-refractivity contribution is -0.116. The Morgan fingerprint density at radius 2 is 2.00 bits per heavy atom. The summed E-state index contributed by atoms with van der Waals surface area (Å²) in [6.07, 6.45) is 0.508. The van der Waals surface area contributed by atoms with E-state index in [1.54, 1.807) is 0 Å². The van der Waals surface area contributed by atoms with Crippen LogP contribution in [0.15, 0.2) is 18.2 Å². The Hall–Kier alpha value is -1.06. The average Bonchev–Trinajstić information content (AvgIpc) is 2.36. The molecule has 1 N–H and O–H groups in total. The highest BCUT2D eigenvalue weighted by Gasteiger charge is 2.08. The van der Waals surface area contributed by atoms with Gasteiger partial charge in [0.05, 0.1) is 0 Å². The lowest BCUT2D eigenvalue weighted by Crippen LogP contribution is -2.27. The van der Waals surface area contributed by atoms with Crippen molar-refractivity contribution in [1.82, 2.24) is 4.90 Å². The quantitative estimate of drug-likeness (QED) is 0.858. The van der Waals surface area contributed by atoms with Crippen molar-refractivity contribution in [2.75, 3.05) is 25.0 Å². The topological polar surface area (TPSA) is 32.3 Å². The SMILES string of the molecule is CCN(CC)CCC(=O)Nc1cccc(Cl)c1C. The molecule has 1 rings (SSSR count). The smallest absolute Gasteiger partial charge is 0.225 e. The van der Waals surface area contributed by atoms with Crippen molar-refractivity contribution >= 4 is 23.2 Å². The first-order valence-electron chi connectivity index (χ1n) is 6.35. The number of nitrogens with one attached hydrogen (secondary N) is 1. The van der Waals surface area contributed by atoms with E-state index in [0.717, 1.165) is 30.9 Å². The molecule has 100 valence electrons. The Balaban J connectivity index is 2.52. The van der Waals surface area contributed by atoms with Gasteiger partial charge in [-0.1, -0.05) is 31.5 Å². The maximum absolute atomic E-state index is 11.8. The number of hydrogen-bond donors (Lipinski definition) is 1. The molecule has 0 aromatic heterocycles. The Morgan fingerprint density at radius 3 is 2.61 bits per heavy atom. The van der Waals surface area contributed by atoms with Crippen molar-refractivity contribution < 1.29 is 4.79 Å². The Labute approximate surface area is 114 Å². The van der Waals surface area contributed by atoms with Crippen LogP contribution in [0.25, 0.3) is 0 Å². The second kappa shape index (κ2) is 7.39. The van der Waals surface area contributed by atoms with Crippen LogP contribution in [0.5, 0.6) is 0 Å². The Kier molecular flexibility index (Phi) is 6.16. The highest BCUT2D eigenvalue weighted by molar-refractivity contribution is 6.31. The van der Waals surface area contributed by atoms with E-state index in [2.05, 4.69) is 24.1 Å². The van der Waals surface area contributed by atoms with Gasteiger partial charge in [-0.15, -0.1) is 0 Å². The molecule has 0 unspecified atom stereocenters. The number of hydrogen-bond acceptors (Lipinski definition) is 2. The van der Waals surface area contributed by atoms with Crippen LogP contribution < -0.4 is 5.32 Å². The van der Waals surface area contributed by atoms with Gasteiger partial charge < -0.3 is 10.2 Å². The minimum absolute atomic E-state index is 0.0345. The maximum atomic E-state index is 11.8. The highest BCUT2D eigenvalue weighted by atomic mass is 35.5. The number of carbonyl (C=O) groups is 1. The molecule has 0 aliphatic rings. The standard InChI is InChI=1S/C14H21ClN2O/c1-4-17(5-2)10-9-14(18)16-13-8-6-7-12(15)11(13)3/h6-8H,4-5,9-10H2,1-3H3,(H,16,18). The van der Waals surface area contributed by atoms with E-state index in [1.165, 1.54) is 0 Å². The summed E-state index contributed by atoms with van der Waals surface area (Å²) in [5.41, 5.74) is 1.71. The van der Waals surface area contributed by atoms with E-state index in [1.807, 2.05) is 25.1 Å². The summed E-state index contributed by atoms with van der Waals surface area (Å²) in [6.45, 7) is 8.84. The lowest BCUT2D eigenvalue weighted by Gasteiger charge is -2.17. The van der Waals surface area contributed by atoms with Gasteiger partial charge in [-0.2, -0.15) is 0 Å². The zero-order chi connectivity index (χ0) is 13.5. The second-order valence-corrected chi connectivity index (χ2v) is 4.64. The van der Waals surface area contributed by atoms with E-state index in [9.17, 15) is 4.79 Å². The lowest BCUT2D eigenvalue weighted by atomic mass is 10.2. The van der Waals surface area contributed by atoms with Crippen molar-refractivity contribution in [2.24, 2.45) is 0 Å². The monoisotopic (exact) mass is 268 g/mol. The van der Waals surface area contributed by atoms with Crippen molar-refractivity contribution in [3.8, 4) is 0 Å². The number of rotatable bonds is 6. The van der Waals surface area contributed by atoms with E-state index in [4.69, 9.17) is 11.6 Å². The van der Waals surface area contributed by atoms with Crippen LogP contribution >= 0.6 is 11.6 Å². The first-order chi connectivity index (χ1) is 8.58. The van der Waals surface area contributed by atoms with Gasteiger partial charge in [0.1, 0.15) is 0 Å². The molecule has 0 saturated carbocycles. The average molecular weight is 269 g/mol. The van der Waals surface area contributed by atoms with Gasteiger partial charge >= 0.3 is 0 Å². The van der Waals surface area contributed by atoms with E-state index in [-0.39, 0.29) is 5.91 Å². The van der Waals surface area contributed by atoms with E-state index < -0.39 is 0 Å². The van der Waals surface area contributed by atoms with Crippen LogP contribution in [0, 0.1) is 6.92 Å². The maximum Gasteiger partial charge on any atom is 0.225 e. The molecule has 1 aromatic rings. The van der Waals surface area contributed by atoms with Crippen molar-refractivity contribution in [3.63, 3.8) is 0 Å². The number of benzene rings is 1. The third-order valence-electron chi connectivity index (χ3n) is 3.09. The molecule has 0 radical (unpaired) electrons. The fourth-order valence-corrected chi connectivity index (χ4v) is 1.93. The second-order valence-electron chi connectivity index (χ2n) is 4.24. The number of nitrogens with zero attached hydrogens (tertiary/aromatic N) is 1. The third kappa shape index (κ3) is 4.31. The van der Waals surface area contributed by atoms with Crippen LogP contribution in [-0.2, 0) is 4.79 Å². The molecule has 0 aliphatic carbocycles. The molecule has 3 nitrogen and oxygen atoms in total. The molecule has 0 saturated heterocycles. The molecule has 0 aliphatic heterocycles. The molecular formula is C14H21ClN2O. The van der Waals surface area contributed by atoms with Gasteiger partial charge in [0.2, 0.25) is 5.91 Å². The van der Waals surface area contributed by atoms with Gasteiger partial charge in [-0.3, -0.25) is 4.79 Å². The minimum atomic E-state index is 0.0345. The van der Waals surface area contributed by atoms with Gasteiger partial charge in [0, 0.05) is 23.7 Å². The van der Waals surface area contributed by atoms with Gasteiger partial charge in [0.15, 0.2) is 0 Å². The normalized spacial score (nSPS) is 10.7. The van der Waals surface area contributed by atoms with Crippen LogP contribution in [0.2, 0.25) is 5.02 Å². The van der Waals surface area contributed by atoms with E-state index >= 15 is 0 Å². The number of carbonyl (C=O) groups excluding carboxylic acids is 1. The van der Waals surface area contributed by atoms with Crippen LogP contribution in [0.4, 0.5) is 5.69 Å². The number of amides is 1.